The largest absolute Gasteiger partial charge is 0.324 e. The molecule has 6 heteroatoms. The molecule has 26 heavy (non-hydrogen) atoms. The van der Waals surface area contributed by atoms with Crippen LogP contribution in [0, 0.1) is 0 Å². The van der Waals surface area contributed by atoms with Crippen molar-refractivity contribution >= 4 is 11.4 Å². The van der Waals surface area contributed by atoms with Crippen molar-refractivity contribution in [1.82, 2.24) is 15.0 Å². The minimum Gasteiger partial charge on any atom is -0.324 e. The van der Waals surface area contributed by atoms with Gasteiger partial charge in [0.1, 0.15) is 25.5 Å². The zero-order chi connectivity index (χ0) is 17.9. The summed E-state index contributed by atoms with van der Waals surface area (Å²) < 4.78 is 3.92. The fraction of sp³-hybridized carbons (Fsp3) is 0.150. The maximum Gasteiger partial charge on any atom is 0.321 e. The summed E-state index contributed by atoms with van der Waals surface area (Å²) in [6.45, 7) is 1.26. The summed E-state index contributed by atoms with van der Waals surface area (Å²) in [4.78, 5) is 17.9. The first-order valence-corrected chi connectivity index (χ1v) is 8.55. The van der Waals surface area contributed by atoms with Gasteiger partial charge in [-0.3, -0.25) is 4.79 Å². The van der Waals surface area contributed by atoms with Crippen molar-refractivity contribution < 1.29 is 13.9 Å². The highest BCUT2D eigenvalue weighted by molar-refractivity contribution is 5.90. The first kappa shape index (κ1) is 16.1. The lowest BCUT2D eigenvalue weighted by molar-refractivity contribution is -0.695. The Morgan fingerprint density at radius 2 is 1.88 bits per heavy atom. The molecule has 2 N–H and O–H groups in total. The maximum atomic E-state index is 12.9. The van der Waals surface area contributed by atoms with Gasteiger partial charge in [-0.25, -0.2) is 9.55 Å². The molecule has 1 aromatic carbocycles. The van der Waals surface area contributed by atoms with Crippen LogP contribution in [-0.4, -0.2) is 27.9 Å². The second-order valence-corrected chi connectivity index (χ2v) is 6.32. The predicted molar refractivity (Wildman–Crippen MR) is 96.3 cm³/mol. The van der Waals surface area contributed by atoms with Crippen molar-refractivity contribution in [2.45, 2.75) is 13.1 Å². The summed E-state index contributed by atoms with van der Waals surface area (Å²) in [5.74, 6) is 0.942. The molecule has 0 saturated carbocycles. The Kier molecular flexibility index (Phi) is 4.23. The number of hydrogen-bond acceptors (Lipinski definition) is 1. The number of aromatic nitrogens is 4. The standard InChI is InChI=1S/C20H19N5O/c1-23(20(26)18-9-5-8-17-10-11-22-25(17)18)15-19-21-12-13-24(19)14-16-6-3-2-4-7-16/h2-13H,14-15H2,1H3/p+2. The van der Waals surface area contributed by atoms with E-state index in [-0.39, 0.29) is 5.91 Å². The van der Waals surface area contributed by atoms with Crippen LogP contribution in [0.1, 0.15) is 21.9 Å². The average molecular weight is 347 g/mol. The number of rotatable bonds is 5. The summed E-state index contributed by atoms with van der Waals surface area (Å²) in [6, 6.07) is 17.9. The van der Waals surface area contributed by atoms with E-state index < -0.39 is 0 Å². The number of imidazole rings is 1. The van der Waals surface area contributed by atoms with Crippen molar-refractivity contribution in [2.24, 2.45) is 0 Å². The smallest absolute Gasteiger partial charge is 0.321 e. The molecule has 4 aromatic rings. The molecule has 0 aliphatic heterocycles. The Labute approximate surface area is 151 Å². The van der Waals surface area contributed by atoms with E-state index in [9.17, 15) is 4.79 Å². The highest BCUT2D eigenvalue weighted by atomic mass is 16.2. The van der Waals surface area contributed by atoms with Crippen LogP contribution in [0.2, 0.25) is 0 Å². The molecule has 0 bridgehead atoms. The molecule has 1 amide bonds. The van der Waals surface area contributed by atoms with Crippen LogP contribution in [0.15, 0.2) is 73.2 Å². The quantitative estimate of drug-likeness (QED) is 0.530. The van der Waals surface area contributed by atoms with E-state index in [0.29, 0.717) is 12.2 Å². The van der Waals surface area contributed by atoms with Crippen molar-refractivity contribution in [3.63, 3.8) is 0 Å². The van der Waals surface area contributed by atoms with Crippen LogP contribution in [-0.2, 0) is 13.1 Å². The van der Waals surface area contributed by atoms with Gasteiger partial charge < -0.3 is 4.90 Å². The molecule has 0 spiro atoms. The lowest BCUT2D eigenvalue weighted by Crippen LogP contribution is -2.42. The van der Waals surface area contributed by atoms with Crippen LogP contribution in [0.25, 0.3) is 5.52 Å². The summed E-state index contributed by atoms with van der Waals surface area (Å²) in [6.07, 6.45) is 5.73. The topological polar surface area (TPSA) is 59.9 Å². The van der Waals surface area contributed by atoms with Gasteiger partial charge in [0.05, 0.1) is 6.20 Å². The number of amides is 1. The Bertz CT molecular complexity index is 1030. The van der Waals surface area contributed by atoms with Gasteiger partial charge in [-0.2, -0.15) is 5.10 Å². The van der Waals surface area contributed by atoms with Crippen molar-refractivity contribution in [3.8, 4) is 0 Å². The summed E-state index contributed by atoms with van der Waals surface area (Å²) in [7, 11) is 1.82. The minimum absolute atomic E-state index is 0.0380. The number of H-pyrrole nitrogens is 2. The maximum absolute atomic E-state index is 12.9. The number of carbonyl (C=O) groups excluding carboxylic acids is 1. The number of nitrogens with one attached hydrogen (secondary N) is 2. The van der Waals surface area contributed by atoms with Crippen LogP contribution in [0.3, 0.4) is 0 Å². The lowest BCUT2D eigenvalue weighted by atomic mass is 10.2. The molecular formula is C20H21N5O+2. The molecule has 4 rings (SSSR count). The molecule has 0 atom stereocenters. The number of fused-ring (bicyclic) bond motifs is 1. The highest BCUT2D eigenvalue weighted by Crippen LogP contribution is 2.05. The van der Waals surface area contributed by atoms with Crippen LogP contribution in [0.5, 0.6) is 0 Å². The number of nitrogens with zero attached hydrogens (tertiary/aromatic N) is 3. The Balaban J connectivity index is 1.54. The lowest BCUT2D eigenvalue weighted by Gasteiger charge is -2.13. The van der Waals surface area contributed by atoms with E-state index in [0.717, 1.165) is 17.9 Å². The van der Waals surface area contributed by atoms with E-state index in [4.69, 9.17) is 0 Å². The minimum atomic E-state index is -0.0380. The van der Waals surface area contributed by atoms with Crippen LogP contribution in [0.4, 0.5) is 0 Å². The zero-order valence-electron chi connectivity index (χ0n) is 14.6. The van der Waals surface area contributed by atoms with Crippen LogP contribution >= 0.6 is 0 Å². The molecule has 6 nitrogen and oxygen atoms in total. The third kappa shape index (κ3) is 3.09. The first-order valence-electron chi connectivity index (χ1n) is 8.55. The van der Waals surface area contributed by atoms with E-state index in [1.54, 1.807) is 9.42 Å². The number of pyridine rings is 1. The fourth-order valence-electron chi connectivity index (χ4n) is 3.12. The average Bonchev–Trinajstić information content (AvgIpc) is 3.31. The Morgan fingerprint density at radius 1 is 1.04 bits per heavy atom. The molecule has 0 aliphatic carbocycles. The SMILES string of the molecule is CN(Cc1[nH]cc[n+]1Cc1ccccc1)C(=O)c1cccc2cc[nH][n+]12. The van der Waals surface area contributed by atoms with E-state index in [1.165, 1.54) is 5.56 Å². The predicted octanol–water partition coefficient (Wildman–Crippen LogP) is 1.69. The van der Waals surface area contributed by atoms with Gasteiger partial charge in [-0.05, 0) is 11.6 Å². The number of benzene rings is 1. The molecule has 130 valence electrons. The molecular weight excluding hydrogens is 326 g/mol. The third-order valence-corrected chi connectivity index (χ3v) is 4.48. The Hall–Kier alpha value is -3.41. The highest BCUT2D eigenvalue weighted by Gasteiger charge is 2.25. The zero-order valence-corrected chi connectivity index (χ0v) is 14.6. The second-order valence-electron chi connectivity index (χ2n) is 6.32. The molecule has 0 saturated heterocycles. The normalized spacial score (nSPS) is 11.0. The molecule has 0 radical (unpaired) electrons. The summed E-state index contributed by atoms with van der Waals surface area (Å²) in [5, 5.41) is 3.08. The van der Waals surface area contributed by atoms with Gasteiger partial charge in [0.25, 0.3) is 5.82 Å². The number of hydrogen-bond donors (Lipinski definition) is 2. The van der Waals surface area contributed by atoms with E-state index >= 15 is 0 Å². The first-order chi connectivity index (χ1) is 12.7. The molecule has 0 aliphatic rings. The molecule has 0 unspecified atom stereocenters. The number of aromatic amines is 2. The fourth-order valence-corrected chi connectivity index (χ4v) is 3.12. The molecule has 0 fully saturated rings. The van der Waals surface area contributed by atoms with Gasteiger partial charge in [0.15, 0.2) is 0 Å². The summed E-state index contributed by atoms with van der Waals surface area (Å²) in [5.41, 5.74) is 2.79. The van der Waals surface area contributed by atoms with E-state index in [1.807, 2.05) is 68.1 Å². The van der Waals surface area contributed by atoms with Gasteiger partial charge in [0.2, 0.25) is 5.52 Å². The van der Waals surface area contributed by atoms with Gasteiger partial charge in [0, 0.05) is 25.2 Å². The third-order valence-electron chi connectivity index (χ3n) is 4.48. The van der Waals surface area contributed by atoms with Crippen molar-refractivity contribution in [1.29, 1.82) is 0 Å². The Morgan fingerprint density at radius 3 is 2.73 bits per heavy atom. The molecule has 3 aromatic heterocycles. The summed E-state index contributed by atoms with van der Waals surface area (Å²) >= 11 is 0. The monoisotopic (exact) mass is 347 g/mol. The molecule has 3 heterocycles. The van der Waals surface area contributed by atoms with Gasteiger partial charge in [-0.15, -0.1) is 0 Å². The van der Waals surface area contributed by atoms with Crippen molar-refractivity contribution in [2.75, 3.05) is 7.05 Å². The number of carbonyl (C=O) groups is 1. The second kappa shape index (κ2) is 6.84. The van der Waals surface area contributed by atoms with Crippen LogP contribution < -0.4 is 9.08 Å². The van der Waals surface area contributed by atoms with E-state index in [2.05, 4.69) is 26.8 Å². The van der Waals surface area contributed by atoms with Crippen molar-refractivity contribution in [3.05, 3.63) is 90.3 Å². The van der Waals surface area contributed by atoms with Gasteiger partial charge in [-0.1, -0.05) is 34.8 Å². The van der Waals surface area contributed by atoms with Gasteiger partial charge >= 0.3 is 11.6 Å².